The summed E-state index contributed by atoms with van der Waals surface area (Å²) in [6, 6.07) is 16.7. The Hall–Kier alpha value is -2.70. The van der Waals surface area contributed by atoms with Crippen molar-refractivity contribution in [3.8, 4) is 17.1 Å². The van der Waals surface area contributed by atoms with E-state index in [0.29, 0.717) is 11.0 Å². The standard InChI is InChI=1S/C19H15N4OS/c1-13-6-5-7-14(10-13)15-11-20-19(21-12-15)23-17-9-4-3-8-16(17)18(22-23)25(2)24/h3,5-12H,1-2H3. The van der Waals surface area contributed by atoms with Crippen LogP contribution in [0.2, 0.25) is 0 Å². The van der Waals surface area contributed by atoms with Crippen molar-refractivity contribution in [3.05, 3.63) is 66.5 Å². The van der Waals surface area contributed by atoms with E-state index in [9.17, 15) is 4.55 Å². The molecule has 4 aromatic rings. The van der Waals surface area contributed by atoms with Gasteiger partial charge in [0.05, 0.1) is 10.9 Å². The summed E-state index contributed by atoms with van der Waals surface area (Å²) >= 11 is -1.19. The fourth-order valence-electron chi connectivity index (χ4n) is 2.75. The molecule has 0 aliphatic carbocycles. The molecule has 0 N–H and O–H groups in total. The molecule has 0 spiro atoms. The average molecular weight is 347 g/mol. The smallest absolute Gasteiger partial charge is 0.271 e. The first-order chi connectivity index (χ1) is 12.1. The first kappa shape index (κ1) is 15.8. The number of rotatable bonds is 3. The van der Waals surface area contributed by atoms with E-state index in [4.69, 9.17) is 0 Å². The quantitative estimate of drug-likeness (QED) is 0.533. The summed E-state index contributed by atoms with van der Waals surface area (Å²) in [6.07, 6.45) is 5.17. The molecular formula is C19H15N4OS. The Morgan fingerprint density at radius 2 is 1.92 bits per heavy atom. The molecular weight excluding hydrogens is 332 g/mol. The molecule has 1 radical (unpaired) electrons. The first-order valence-electron chi connectivity index (χ1n) is 7.75. The molecule has 2 aromatic heterocycles. The third-order valence-corrected chi connectivity index (χ3v) is 4.79. The highest BCUT2D eigenvalue weighted by Crippen LogP contribution is 2.24. The number of fused-ring (bicyclic) bond motifs is 1. The highest BCUT2D eigenvalue weighted by atomic mass is 32.2. The molecule has 6 heteroatoms. The Labute approximate surface area is 148 Å². The summed E-state index contributed by atoms with van der Waals surface area (Å²) in [4.78, 5) is 8.91. The molecule has 0 fully saturated rings. The van der Waals surface area contributed by atoms with E-state index >= 15 is 0 Å². The molecule has 2 aromatic carbocycles. The number of aryl methyl sites for hydroxylation is 1. The van der Waals surface area contributed by atoms with Crippen molar-refractivity contribution in [1.82, 2.24) is 19.7 Å². The summed E-state index contributed by atoms with van der Waals surface area (Å²) in [5.41, 5.74) is 3.98. The van der Waals surface area contributed by atoms with Gasteiger partial charge >= 0.3 is 0 Å². The second kappa shape index (κ2) is 6.31. The van der Waals surface area contributed by atoms with E-state index in [-0.39, 0.29) is 0 Å². The number of hydrogen-bond acceptors (Lipinski definition) is 4. The monoisotopic (exact) mass is 347 g/mol. The van der Waals surface area contributed by atoms with Crippen LogP contribution in [0, 0.1) is 13.0 Å². The molecule has 2 heterocycles. The second-order valence-electron chi connectivity index (χ2n) is 5.76. The molecule has 25 heavy (non-hydrogen) atoms. The van der Waals surface area contributed by atoms with Crippen molar-refractivity contribution in [2.24, 2.45) is 0 Å². The lowest BCUT2D eigenvalue weighted by atomic mass is 10.1. The minimum Gasteiger partial charge on any atom is -0.610 e. The third-order valence-electron chi connectivity index (χ3n) is 3.94. The highest BCUT2D eigenvalue weighted by Gasteiger charge is 2.19. The number of benzene rings is 2. The van der Waals surface area contributed by atoms with Crippen LogP contribution in [0.4, 0.5) is 0 Å². The molecule has 0 amide bonds. The van der Waals surface area contributed by atoms with Crippen molar-refractivity contribution in [2.75, 3.05) is 6.26 Å². The summed E-state index contributed by atoms with van der Waals surface area (Å²) in [7, 11) is 0. The van der Waals surface area contributed by atoms with Crippen molar-refractivity contribution >= 4 is 22.1 Å². The first-order valence-corrected chi connectivity index (χ1v) is 9.31. The predicted octanol–water partition coefficient (Wildman–Crippen LogP) is 3.33. The molecule has 5 nitrogen and oxygen atoms in total. The van der Waals surface area contributed by atoms with E-state index in [1.807, 2.05) is 18.2 Å². The molecule has 0 saturated carbocycles. The van der Waals surface area contributed by atoms with Crippen molar-refractivity contribution in [2.45, 2.75) is 11.9 Å². The van der Waals surface area contributed by atoms with E-state index < -0.39 is 11.2 Å². The molecule has 1 unspecified atom stereocenters. The Balaban J connectivity index is 1.79. The van der Waals surface area contributed by atoms with Crippen LogP contribution in [0.15, 0.2) is 59.9 Å². The zero-order valence-corrected chi connectivity index (χ0v) is 14.6. The van der Waals surface area contributed by atoms with Gasteiger partial charge in [-0.25, -0.2) is 9.97 Å². The minimum absolute atomic E-state index is 0.442. The van der Waals surface area contributed by atoms with Gasteiger partial charge in [0.1, 0.15) is 6.26 Å². The third kappa shape index (κ3) is 2.90. The van der Waals surface area contributed by atoms with Gasteiger partial charge in [-0.1, -0.05) is 35.9 Å². The van der Waals surface area contributed by atoms with Crippen molar-refractivity contribution in [1.29, 1.82) is 0 Å². The second-order valence-corrected chi connectivity index (χ2v) is 7.05. The van der Waals surface area contributed by atoms with Crippen LogP contribution in [0.1, 0.15) is 5.56 Å². The summed E-state index contributed by atoms with van der Waals surface area (Å²) in [5.74, 6) is 0.442. The average Bonchev–Trinajstić information content (AvgIpc) is 3.02. The van der Waals surface area contributed by atoms with E-state index in [1.54, 1.807) is 35.5 Å². The zero-order chi connectivity index (χ0) is 17.4. The highest BCUT2D eigenvalue weighted by molar-refractivity contribution is 7.90. The van der Waals surface area contributed by atoms with Crippen molar-refractivity contribution in [3.63, 3.8) is 0 Å². The normalized spacial score (nSPS) is 12.4. The fourth-order valence-corrected chi connectivity index (χ4v) is 3.42. The summed E-state index contributed by atoms with van der Waals surface area (Å²) in [5, 5.41) is 5.80. The van der Waals surface area contributed by atoms with Gasteiger partial charge in [-0.05, 0) is 30.7 Å². The topological polar surface area (TPSA) is 66.7 Å². The molecule has 0 bridgehead atoms. The van der Waals surface area contributed by atoms with Gasteiger partial charge in [0.15, 0.2) is 0 Å². The zero-order valence-electron chi connectivity index (χ0n) is 13.8. The van der Waals surface area contributed by atoms with Crippen LogP contribution >= 0.6 is 0 Å². The Morgan fingerprint density at radius 3 is 2.64 bits per heavy atom. The molecule has 123 valence electrons. The predicted molar refractivity (Wildman–Crippen MR) is 98.0 cm³/mol. The minimum atomic E-state index is -1.19. The molecule has 4 rings (SSSR count). The Morgan fingerprint density at radius 1 is 1.12 bits per heavy atom. The maximum absolute atomic E-state index is 12.0. The molecule has 1 atom stereocenters. The van der Waals surface area contributed by atoms with Gasteiger partial charge in [0.25, 0.3) is 11.0 Å². The SMILES string of the molecule is Cc1cccc(-c2cnc(-n3nc([S+](C)[O-])c4cc[c]cc43)nc2)c1. The summed E-state index contributed by atoms with van der Waals surface area (Å²) in [6.45, 7) is 2.05. The van der Waals surface area contributed by atoms with Gasteiger partial charge in [-0.3, -0.25) is 0 Å². The number of nitrogens with zero attached hydrogens (tertiary/aromatic N) is 4. The lowest BCUT2D eigenvalue weighted by Crippen LogP contribution is -2.05. The van der Waals surface area contributed by atoms with Gasteiger partial charge in [-0.15, -0.1) is 5.10 Å². The number of hydrogen-bond donors (Lipinski definition) is 0. The largest absolute Gasteiger partial charge is 0.610 e. The number of aromatic nitrogens is 4. The molecule has 0 aliphatic rings. The van der Waals surface area contributed by atoms with Crippen LogP contribution in [-0.4, -0.2) is 30.6 Å². The van der Waals surface area contributed by atoms with E-state index in [2.05, 4.69) is 40.2 Å². The lowest BCUT2D eigenvalue weighted by molar-refractivity contribution is 0.595. The molecule has 0 aliphatic heterocycles. The van der Waals surface area contributed by atoms with Crippen molar-refractivity contribution < 1.29 is 4.55 Å². The van der Waals surface area contributed by atoms with E-state index in [0.717, 1.165) is 22.0 Å². The summed E-state index contributed by atoms with van der Waals surface area (Å²) < 4.78 is 13.6. The molecule has 0 saturated heterocycles. The van der Waals surface area contributed by atoms with Crippen LogP contribution in [0.3, 0.4) is 0 Å². The van der Waals surface area contributed by atoms with E-state index in [1.165, 1.54) is 5.56 Å². The van der Waals surface area contributed by atoms with Crippen LogP contribution in [-0.2, 0) is 11.2 Å². The van der Waals surface area contributed by atoms with Gasteiger partial charge in [0, 0.05) is 29.1 Å². The Bertz CT molecular complexity index is 1040. The van der Waals surface area contributed by atoms with Crippen LogP contribution in [0.5, 0.6) is 0 Å². The Kier molecular flexibility index (Phi) is 3.99. The van der Waals surface area contributed by atoms with Gasteiger partial charge in [0.2, 0.25) is 0 Å². The maximum atomic E-state index is 12.0. The fraction of sp³-hybridized carbons (Fsp3) is 0.105. The van der Waals surface area contributed by atoms with Crippen LogP contribution in [0.25, 0.3) is 28.0 Å². The van der Waals surface area contributed by atoms with Crippen LogP contribution < -0.4 is 0 Å². The van der Waals surface area contributed by atoms with Gasteiger partial charge < -0.3 is 4.55 Å². The maximum Gasteiger partial charge on any atom is 0.271 e. The van der Waals surface area contributed by atoms with Gasteiger partial charge in [-0.2, -0.15) is 4.68 Å². The lowest BCUT2D eigenvalue weighted by Gasteiger charge is -2.04.